The highest BCUT2D eigenvalue weighted by Gasteiger charge is 2.64. The molecule has 32 heavy (non-hydrogen) atoms. The molecule has 11 nitrogen and oxygen atoms in total. The third-order valence-electron chi connectivity index (χ3n) is 5.46. The number of benzene rings is 1. The van der Waals surface area contributed by atoms with Crippen molar-refractivity contribution in [3.05, 3.63) is 23.8 Å². The van der Waals surface area contributed by atoms with Gasteiger partial charge in [-0.1, -0.05) is 6.07 Å². The molecule has 0 aromatic heterocycles. The molecule has 1 aromatic rings. The van der Waals surface area contributed by atoms with Crippen LogP contribution >= 0.6 is 11.8 Å². The lowest BCUT2D eigenvalue weighted by Gasteiger charge is -2.44. The minimum Gasteiger partial charge on any atom is -0.454 e. The predicted octanol–water partition coefficient (Wildman–Crippen LogP) is 0.0260. The van der Waals surface area contributed by atoms with Crippen LogP contribution in [0.2, 0.25) is 0 Å². The van der Waals surface area contributed by atoms with Crippen molar-refractivity contribution in [2.75, 3.05) is 13.6 Å². The fourth-order valence-corrected chi connectivity index (χ4v) is 5.50. The second-order valence-corrected chi connectivity index (χ2v) is 9.82. The number of hydrogen-bond acceptors (Lipinski definition) is 10. The van der Waals surface area contributed by atoms with Gasteiger partial charge in [0.1, 0.15) is 23.5 Å². The minimum atomic E-state index is -1.02. The number of thioether (sulfide) groups is 1. The van der Waals surface area contributed by atoms with Crippen LogP contribution in [0, 0.1) is 0 Å². The second-order valence-electron chi connectivity index (χ2n) is 8.05. The SMILES string of the molecule is CC(=O)OCOC(=O)[C@@H]1N2C(=O)[C@@H](NC(=O)C(N)c3ccc4c(c3)OCO4)[C@H]2SC1(C)C. The predicted molar refractivity (Wildman–Crippen MR) is 110 cm³/mol. The zero-order chi connectivity index (χ0) is 23.2. The molecule has 2 fully saturated rings. The highest BCUT2D eigenvalue weighted by Crippen LogP contribution is 2.51. The zero-order valence-electron chi connectivity index (χ0n) is 17.7. The van der Waals surface area contributed by atoms with Gasteiger partial charge in [-0.05, 0) is 31.5 Å². The standard InChI is InChI=1S/C20H23N3O8S/c1-9(24)28-7-31-19(27)15-20(2,3)32-18-14(17(26)23(15)18)22-16(25)13(21)10-4-5-11-12(6-10)30-8-29-11/h4-6,13-15,18H,7-8,21H2,1-3H3,(H,22,25)/t13?,14-,15+,18-/m1/s1. The van der Waals surface area contributed by atoms with Crippen LogP contribution in [-0.4, -0.2) is 64.4 Å². The van der Waals surface area contributed by atoms with Crippen molar-refractivity contribution in [1.29, 1.82) is 0 Å². The molecule has 172 valence electrons. The molecule has 2 saturated heterocycles. The molecule has 1 aromatic carbocycles. The van der Waals surface area contributed by atoms with Gasteiger partial charge in [0.05, 0.1) is 0 Å². The first-order valence-electron chi connectivity index (χ1n) is 9.85. The Bertz CT molecular complexity index is 984. The van der Waals surface area contributed by atoms with E-state index in [9.17, 15) is 19.2 Å². The van der Waals surface area contributed by atoms with Crippen LogP contribution in [-0.2, 0) is 28.7 Å². The molecule has 0 saturated carbocycles. The number of hydrogen-bond donors (Lipinski definition) is 2. The van der Waals surface area contributed by atoms with Crippen molar-refractivity contribution in [1.82, 2.24) is 10.2 Å². The Morgan fingerprint density at radius 2 is 2.00 bits per heavy atom. The maximum absolute atomic E-state index is 12.8. The van der Waals surface area contributed by atoms with Crippen LogP contribution in [0.15, 0.2) is 18.2 Å². The summed E-state index contributed by atoms with van der Waals surface area (Å²) in [5.41, 5.74) is 6.61. The smallest absolute Gasteiger partial charge is 0.333 e. The lowest BCUT2D eigenvalue weighted by atomic mass is 9.95. The maximum Gasteiger partial charge on any atom is 0.333 e. The number of nitrogens with one attached hydrogen (secondary N) is 1. The van der Waals surface area contributed by atoms with Crippen molar-refractivity contribution in [3.8, 4) is 11.5 Å². The van der Waals surface area contributed by atoms with E-state index in [1.165, 1.54) is 23.6 Å². The largest absolute Gasteiger partial charge is 0.454 e. The second kappa shape index (κ2) is 8.17. The number of nitrogens with two attached hydrogens (primary N) is 1. The topological polar surface area (TPSA) is 146 Å². The van der Waals surface area contributed by atoms with Gasteiger partial charge in [-0.3, -0.25) is 14.4 Å². The van der Waals surface area contributed by atoms with E-state index in [0.717, 1.165) is 0 Å². The van der Waals surface area contributed by atoms with Crippen molar-refractivity contribution >= 4 is 35.5 Å². The van der Waals surface area contributed by atoms with Gasteiger partial charge >= 0.3 is 11.9 Å². The average Bonchev–Trinajstić information content (AvgIpc) is 3.30. The Kier molecular flexibility index (Phi) is 5.67. The zero-order valence-corrected chi connectivity index (χ0v) is 18.5. The summed E-state index contributed by atoms with van der Waals surface area (Å²) in [7, 11) is 0. The number of nitrogens with zero attached hydrogens (tertiary/aromatic N) is 1. The number of carbonyl (C=O) groups is 4. The lowest BCUT2D eigenvalue weighted by molar-refractivity contribution is -0.175. The van der Waals surface area contributed by atoms with E-state index in [-0.39, 0.29) is 6.79 Å². The van der Waals surface area contributed by atoms with E-state index in [4.69, 9.17) is 19.9 Å². The maximum atomic E-state index is 12.8. The van der Waals surface area contributed by atoms with Crippen molar-refractivity contribution in [2.45, 2.75) is 49.0 Å². The van der Waals surface area contributed by atoms with E-state index < -0.39 is 58.8 Å². The van der Waals surface area contributed by atoms with Gasteiger partial charge in [-0.25, -0.2) is 4.79 Å². The van der Waals surface area contributed by atoms with Gasteiger partial charge in [0.2, 0.25) is 25.4 Å². The van der Waals surface area contributed by atoms with E-state index >= 15 is 0 Å². The van der Waals surface area contributed by atoms with Gasteiger partial charge in [-0.15, -0.1) is 11.8 Å². The molecule has 2 amide bonds. The van der Waals surface area contributed by atoms with Gasteiger partial charge in [-0.2, -0.15) is 0 Å². The molecule has 0 radical (unpaired) electrons. The van der Waals surface area contributed by atoms with Crippen LogP contribution in [0.3, 0.4) is 0 Å². The molecule has 0 bridgehead atoms. The van der Waals surface area contributed by atoms with Crippen molar-refractivity contribution in [3.63, 3.8) is 0 Å². The monoisotopic (exact) mass is 465 g/mol. The third-order valence-corrected chi connectivity index (χ3v) is 7.04. The number of esters is 2. The van der Waals surface area contributed by atoms with Gasteiger partial charge in [0, 0.05) is 11.7 Å². The van der Waals surface area contributed by atoms with Crippen LogP contribution < -0.4 is 20.5 Å². The van der Waals surface area contributed by atoms with Crippen LogP contribution in [0.1, 0.15) is 32.4 Å². The molecule has 0 spiro atoms. The molecule has 3 aliphatic rings. The Morgan fingerprint density at radius 1 is 1.28 bits per heavy atom. The van der Waals surface area contributed by atoms with E-state index in [0.29, 0.717) is 17.1 Å². The summed E-state index contributed by atoms with van der Waals surface area (Å²) in [4.78, 5) is 50.3. The number of carbonyl (C=O) groups excluding carboxylic acids is 4. The van der Waals surface area contributed by atoms with Gasteiger partial charge in [0.15, 0.2) is 11.5 Å². The van der Waals surface area contributed by atoms with E-state index in [2.05, 4.69) is 10.1 Å². The fraction of sp³-hybridized carbons (Fsp3) is 0.500. The first kappa shape index (κ1) is 22.2. The Hall–Kier alpha value is -2.99. The summed E-state index contributed by atoms with van der Waals surface area (Å²) in [6, 6.07) is 2.24. The highest BCUT2D eigenvalue weighted by molar-refractivity contribution is 8.01. The minimum absolute atomic E-state index is 0.103. The first-order chi connectivity index (χ1) is 15.1. The van der Waals surface area contributed by atoms with Crippen LogP contribution in [0.5, 0.6) is 11.5 Å². The summed E-state index contributed by atoms with van der Waals surface area (Å²) < 4.78 is 19.5. The third kappa shape index (κ3) is 3.84. The number of fused-ring (bicyclic) bond motifs is 2. The molecule has 4 atom stereocenters. The molecule has 0 aliphatic carbocycles. The molecular formula is C20H23N3O8S. The normalized spacial score (nSPS) is 25.4. The summed E-state index contributed by atoms with van der Waals surface area (Å²) in [6.07, 6.45) is 0. The summed E-state index contributed by atoms with van der Waals surface area (Å²) >= 11 is 1.38. The van der Waals surface area contributed by atoms with Gasteiger partial charge < -0.3 is 34.9 Å². The number of rotatable bonds is 6. The number of ether oxygens (including phenoxy) is 4. The Labute approximate surface area is 187 Å². The molecule has 3 N–H and O–H groups in total. The molecular weight excluding hydrogens is 442 g/mol. The van der Waals surface area contributed by atoms with Crippen molar-refractivity contribution in [2.24, 2.45) is 5.73 Å². The number of β-lactam (4-membered cyclic amide) rings is 1. The number of amides is 2. The van der Waals surface area contributed by atoms with E-state index in [1.54, 1.807) is 32.0 Å². The molecule has 3 heterocycles. The molecule has 12 heteroatoms. The lowest BCUT2D eigenvalue weighted by Crippen LogP contribution is -2.71. The van der Waals surface area contributed by atoms with Crippen molar-refractivity contribution < 1.29 is 38.1 Å². The molecule has 4 rings (SSSR count). The Morgan fingerprint density at radius 3 is 2.72 bits per heavy atom. The highest BCUT2D eigenvalue weighted by atomic mass is 32.2. The summed E-state index contributed by atoms with van der Waals surface area (Å²) in [6.45, 7) is 4.38. The van der Waals surface area contributed by atoms with Gasteiger partial charge in [0.25, 0.3) is 0 Å². The van der Waals surface area contributed by atoms with Crippen LogP contribution in [0.4, 0.5) is 0 Å². The fourth-order valence-electron chi connectivity index (χ4n) is 3.88. The first-order valence-corrected chi connectivity index (χ1v) is 10.7. The van der Waals surface area contributed by atoms with E-state index in [1.807, 2.05) is 0 Å². The Balaban J connectivity index is 1.40. The molecule has 1 unspecified atom stereocenters. The summed E-state index contributed by atoms with van der Waals surface area (Å²) in [5, 5.41) is 2.24. The average molecular weight is 465 g/mol. The summed E-state index contributed by atoms with van der Waals surface area (Å²) in [5.74, 6) is -1.13. The van der Waals surface area contributed by atoms with Crippen LogP contribution in [0.25, 0.3) is 0 Å². The molecule has 3 aliphatic heterocycles. The quantitative estimate of drug-likeness (QED) is 0.335.